The maximum atomic E-state index is 13.4. The molecule has 0 bridgehead atoms. The van der Waals surface area contributed by atoms with Crippen molar-refractivity contribution in [2.45, 2.75) is 56.4 Å². The average Bonchev–Trinajstić information content (AvgIpc) is 2.85. The first kappa shape index (κ1) is 24.3. The molecule has 1 aromatic carbocycles. The SMILES string of the molecule is CCS(=O)(=O)c1ccc2c(=O)n(C(CC3CCCCC3)C(=O)Nc3ccc(Cl)cn3)cnc2c1. The molecule has 1 N–H and O–H groups in total. The number of benzene rings is 1. The summed E-state index contributed by atoms with van der Waals surface area (Å²) in [4.78, 5) is 35.3. The zero-order chi connectivity index (χ0) is 24.3. The number of fused-ring (bicyclic) bond motifs is 1. The van der Waals surface area contributed by atoms with Crippen LogP contribution in [0.4, 0.5) is 5.82 Å². The van der Waals surface area contributed by atoms with Crippen LogP contribution in [0.5, 0.6) is 0 Å². The van der Waals surface area contributed by atoms with Crippen LogP contribution in [0.2, 0.25) is 5.02 Å². The first-order chi connectivity index (χ1) is 16.3. The number of nitrogens with one attached hydrogen (secondary N) is 1. The van der Waals surface area contributed by atoms with E-state index in [9.17, 15) is 18.0 Å². The molecule has 0 saturated heterocycles. The van der Waals surface area contributed by atoms with E-state index >= 15 is 0 Å². The number of carbonyl (C=O) groups is 1. The van der Waals surface area contributed by atoms with Gasteiger partial charge >= 0.3 is 0 Å². The van der Waals surface area contributed by atoms with Crippen LogP contribution in [-0.4, -0.2) is 34.6 Å². The lowest BCUT2D eigenvalue weighted by atomic mass is 9.84. The topological polar surface area (TPSA) is 111 Å². The van der Waals surface area contributed by atoms with Crippen LogP contribution in [0.3, 0.4) is 0 Å². The van der Waals surface area contributed by atoms with Gasteiger partial charge in [0.1, 0.15) is 11.9 Å². The van der Waals surface area contributed by atoms with Gasteiger partial charge in [-0.25, -0.2) is 18.4 Å². The van der Waals surface area contributed by atoms with Crippen molar-refractivity contribution in [3.8, 4) is 0 Å². The van der Waals surface area contributed by atoms with Crippen molar-refractivity contribution >= 4 is 44.1 Å². The van der Waals surface area contributed by atoms with E-state index in [1.807, 2.05) is 0 Å². The minimum atomic E-state index is -3.43. The molecule has 1 saturated carbocycles. The number of anilines is 1. The number of rotatable bonds is 7. The van der Waals surface area contributed by atoms with Gasteiger partial charge in [0, 0.05) is 6.20 Å². The quantitative estimate of drug-likeness (QED) is 0.513. The second kappa shape index (κ2) is 10.2. The Balaban J connectivity index is 1.71. The lowest BCUT2D eigenvalue weighted by Gasteiger charge is -2.27. The van der Waals surface area contributed by atoms with Crippen LogP contribution in [0.25, 0.3) is 10.9 Å². The number of nitrogens with zero attached hydrogens (tertiary/aromatic N) is 3. The smallest absolute Gasteiger partial charge is 0.261 e. The summed E-state index contributed by atoms with van der Waals surface area (Å²) < 4.78 is 25.8. The second-order valence-electron chi connectivity index (χ2n) is 8.65. The third-order valence-corrected chi connectivity index (χ3v) is 8.35. The molecule has 1 aliphatic rings. The normalized spacial score (nSPS) is 15.8. The highest BCUT2D eigenvalue weighted by Crippen LogP contribution is 2.31. The van der Waals surface area contributed by atoms with Gasteiger partial charge in [-0.15, -0.1) is 0 Å². The number of halogens is 1. The molecule has 1 aliphatic carbocycles. The van der Waals surface area contributed by atoms with Crippen molar-refractivity contribution in [3.63, 3.8) is 0 Å². The van der Waals surface area contributed by atoms with Gasteiger partial charge in [0.05, 0.1) is 32.9 Å². The summed E-state index contributed by atoms with van der Waals surface area (Å²) in [5.41, 5.74) is -0.0996. The molecular weight excluding hydrogens is 476 g/mol. The fraction of sp³-hybridized carbons (Fsp3) is 0.417. The van der Waals surface area contributed by atoms with Crippen LogP contribution in [0.1, 0.15) is 51.5 Å². The van der Waals surface area contributed by atoms with Crippen LogP contribution in [0.15, 0.2) is 52.5 Å². The average molecular weight is 503 g/mol. The van der Waals surface area contributed by atoms with Gasteiger partial charge in [-0.1, -0.05) is 50.6 Å². The van der Waals surface area contributed by atoms with Gasteiger partial charge in [0.2, 0.25) is 5.91 Å². The van der Waals surface area contributed by atoms with Crippen LogP contribution in [0, 0.1) is 5.92 Å². The van der Waals surface area contributed by atoms with Gasteiger partial charge < -0.3 is 5.32 Å². The molecule has 180 valence electrons. The largest absolute Gasteiger partial charge is 0.309 e. The second-order valence-corrected chi connectivity index (χ2v) is 11.4. The van der Waals surface area contributed by atoms with E-state index in [4.69, 9.17) is 11.6 Å². The number of sulfone groups is 1. The molecule has 2 heterocycles. The molecule has 2 aromatic heterocycles. The number of pyridine rings is 1. The maximum absolute atomic E-state index is 13.4. The molecule has 8 nitrogen and oxygen atoms in total. The Bertz CT molecular complexity index is 1350. The van der Waals surface area contributed by atoms with Crippen LogP contribution in [-0.2, 0) is 14.6 Å². The molecule has 3 aromatic rings. The number of aromatic nitrogens is 3. The maximum Gasteiger partial charge on any atom is 0.261 e. The standard InChI is InChI=1S/C24H27ClN4O4S/c1-2-34(32,33)18-9-10-19-20(13-18)27-15-29(24(19)31)21(12-16-6-4-3-5-7-16)23(30)28-22-11-8-17(25)14-26-22/h8-11,13-16,21H,2-7,12H2,1H3,(H,26,28,30). The zero-order valence-corrected chi connectivity index (χ0v) is 20.5. The Hall–Kier alpha value is -2.78. The molecule has 34 heavy (non-hydrogen) atoms. The van der Waals surface area contributed by atoms with Crippen molar-refractivity contribution in [2.75, 3.05) is 11.1 Å². The van der Waals surface area contributed by atoms with Crippen molar-refractivity contribution in [1.82, 2.24) is 14.5 Å². The van der Waals surface area contributed by atoms with E-state index in [-0.39, 0.29) is 33.0 Å². The van der Waals surface area contributed by atoms with Gasteiger partial charge in [-0.3, -0.25) is 14.2 Å². The summed E-state index contributed by atoms with van der Waals surface area (Å²) in [6, 6.07) is 6.76. The lowest BCUT2D eigenvalue weighted by Crippen LogP contribution is -2.35. The van der Waals surface area contributed by atoms with Crippen molar-refractivity contribution in [1.29, 1.82) is 0 Å². The molecule has 1 unspecified atom stereocenters. The number of hydrogen-bond donors (Lipinski definition) is 1. The number of hydrogen-bond acceptors (Lipinski definition) is 6. The molecule has 1 amide bonds. The zero-order valence-electron chi connectivity index (χ0n) is 18.9. The Labute approximate surface area is 203 Å². The molecule has 0 aliphatic heterocycles. The van der Waals surface area contributed by atoms with Crippen molar-refractivity contribution in [3.05, 3.63) is 58.2 Å². The van der Waals surface area contributed by atoms with E-state index in [0.717, 1.165) is 25.7 Å². The van der Waals surface area contributed by atoms with E-state index in [0.29, 0.717) is 23.2 Å². The van der Waals surface area contributed by atoms with E-state index < -0.39 is 15.9 Å². The fourth-order valence-corrected chi connectivity index (χ4v) is 5.45. The van der Waals surface area contributed by atoms with Gasteiger partial charge in [-0.05, 0) is 42.7 Å². The Kier molecular flexibility index (Phi) is 7.33. The van der Waals surface area contributed by atoms with Crippen LogP contribution < -0.4 is 10.9 Å². The predicted molar refractivity (Wildman–Crippen MR) is 132 cm³/mol. The Morgan fingerprint density at radius 3 is 2.62 bits per heavy atom. The van der Waals surface area contributed by atoms with Crippen LogP contribution >= 0.6 is 11.6 Å². The van der Waals surface area contributed by atoms with E-state index in [1.54, 1.807) is 19.1 Å². The summed E-state index contributed by atoms with van der Waals surface area (Å²) in [5.74, 6) is 0.272. The van der Waals surface area contributed by atoms with Crippen molar-refractivity contribution < 1.29 is 13.2 Å². The predicted octanol–water partition coefficient (Wildman–Crippen LogP) is 4.39. The minimum absolute atomic E-state index is 0.0437. The summed E-state index contributed by atoms with van der Waals surface area (Å²) in [6.45, 7) is 1.56. The monoisotopic (exact) mass is 502 g/mol. The highest BCUT2D eigenvalue weighted by Gasteiger charge is 2.28. The number of carbonyl (C=O) groups excluding carboxylic acids is 1. The molecule has 10 heteroatoms. The van der Waals surface area contributed by atoms with E-state index in [1.165, 1.54) is 41.7 Å². The lowest BCUT2D eigenvalue weighted by molar-refractivity contribution is -0.120. The van der Waals surface area contributed by atoms with Crippen molar-refractivity contribution in [2.24, 2.45) is 5.92 Å². The van der Waals surface area contributed by atoms with E-state index in [2.05, 4.69) is 15.3 Å². The summed E-state index contributed by atoms with van der Waals surface area (Å²) >= 11 is 5.89. The summed E-state index contributed by atoms with van der Waals surface area (Å²) in [6.07, 6.45) is 8.72. The summed E-state index contributed by atoms with van der Waals surface area (Å²) in [5, 5.41) is 3.52. The Morgan fingerprint density at radius 1 is 1.18 bits per heavy atom. The highest BCUT2D eigenvalue weighted by molar-refractivity contribution is 7.91. The Morgan fingerprint density at radius 2 is 1.94 bits per heavy atom. The molecule has 1 fully saturated rings. The molecule has 0 spiro atoms. The highest BCUT2D eigenvalue weighted by atomic mass is 35.5. The fourth-order valence-electron chi connectivity index (χ4n) is 4.44. The number of amides is 1. The third-order valence-electron chi connectivity index (χ3n) is 6.39. The first-order valence-electron chi connectivity index (χ1n) is 11.4. The van der Waals surface area contributed by atoms with Gasteiger partial charge in [0.15, 0.2) is 9.84 Å². The first-order valence-corrected chi connectivity index (χ1v) is 13.5. The van der Waals surface area contributed by atoms with Gasteiger partial charge in [0.25, 0.3) is 5.56 Å². The molecule has 4 rings (SSSR count). The molecule has 1 atom stereocenters. The molecular formula is C24H27ClN4O4S. The summed E-state index contributed by atoms with van der Waals surface area (Å²) in [7, 11) is -3.43. The van der Waals surface area contributed by atoms with Gasteiger partial charge in [-0.2, -0.15) is 0 Å². The molecule has 0 radical (unpaired) electrons. The minimum Gasteiger partial charge on any atom is -0.309 e. The third kappa shape index (κ3) is 5.31.